The molecule has 3 aromatic rings. The number of piperidine rings is 1. The number of sulfonamides is 1. The van der Waals surface area contributed by atoms with Crippen molar-refractivity contribution in [1.29, 1.82) is 0 Å². The van der Waals surface area contributed by atoms with Crippen molar-refractivity contribution in [3.05, 3.63) is 65.7 Å². The number of nitrogens with zero attached hydrogens (tertiary/aromatic N) is 1. The second kappa shape index (κ2) is 8.86. The zero-order chi connectivity index (χ0) is 22.0. The Labute approximate surface area is 186 Å². The van der Waals surface area contributed by atoms with E-state index in [0.29, 0.717) is 24.4 Å². The van der Waals surface area contributed by atoms with Crippen LogP contribution in [0.4, 0.5) is 5.69 Å². The third-order valence-electron chi connectivity index (χ3n) is 5.55. The van der Waals surface area contributed by atoms with Crippen LogP contribution in [0.2, 0.25) is 5.02 Å². The summed E-state index contributed by atoms with van der Waals surface area (Å²) in [6.07, 6.45) is 1.21. The number of amides is 1. The van der Waals surface area contributed by atoms with Crippen LogP contribution < -0.4 is 10.1 Å². The van der Waals surface area contributed by atoms with E-state index in [4.69, 9.17) is 16.3 Å². The van der Waals surface area contributed by atoms with E-state index in [9.17, 15) is 13.2 Å². The number of fused-ring (bicyclic) bond motifs is 1. The van der Waals surface area contributed by atoms with Crippen LogP contribution >= 0.6 is 11.6 Å². The fourth-order valence-corrected chi connectivity index (χ4v) is 5.88. The van der Waals surface area contributed by atoms with Gasteiger partial charge in [0.15, 0.2) is 0 Å². The van der Waals surface area contributed by atoms with E-state index in [-0.39, 0.29) is 23.1 Å². The topological polar surface area (TPSA) is 75.7 Å². The number of hydrogen-bond acceptors (Lipinski definition) is 4. The van der Waals surface area contributed by atoms with Crippen molar-refractivity contribution in [2.45, 2.75) is 17.7 Å². The van der Waals surface area contributed by atoms with Gasteiger partial charge in [0.2, 0.25) is 15.9 Å². The van der Waals surface area contributed by atoms with Crippen molar-refractivity contribution in [3.8, 4) is 5.75 Å². The lowest BCUT2D eigenvalue weighted by Crippen LogP contribution is -2.43. The maximum Gasteiger partial charge on any atom is 0.246 e. The molecule has 8 heteroatoms. The molecular formula is C23H23ClN2O4S. The first-order valence-corrected chi connectivity index (χ1v) is 11.8. The number of nitrogens with one attached hydrogen (secondary N) is 1. The average Bonchev–Trinajstić information content (AvgIpc) is 2.79. The Morgan fingerprint density at radius 3 is 2.71 bits per heavy atom. The molecule has 0 aliphatic carbocycles. The number of carbonyl (C=O) groups excluding carboxylic acids is 1. The summed E-state index contributed by atoms with van der Waals surface area (Å²) in [6, 6.07) is 18.0. The van der Waals surface area contributed by atoms with E-state index in [1.165, 1.54) is 23.5 Å². The van der Waals surface area contributed by atoms with Gasteiger partial charge >= 0.3 is 0 Å². The van der Waals surface area contributed by atoms with Gasteiger partial charge in [-0.05, 0) is 42.5 Å². The van der Waals surface area contributed by atoms with E-state index in [1.807, 2.05) is 42.5 Å². The second-order valence-corrected chi connectivity index (χ2v) is 9.86. The predicted octanol–water partition coefficient (Wildman–Crippen LogP) is 4.54. The summed E-state index contributed by atoms with van der Waals surface area (Å²) in [5.41, 5.74) is 0.722. The molecule has 3 aromatic carbocycles. The molecular weight excluding hydrogens is 436 g/mol. The summed E-state index contributed by atoms with van der Waals surface area (Å²) in [5, 5.41) is 5.27. The number of methoxy groups -OCH3 is 1. The molecule has 1 amide bonds. The number of hydrogen-bond donors (Lipinski definition) is 1. The molecule has 1 saturated heterocycles. The minimum Gasteiger partial charge on any atom is -0.495 e. The Morgan fingerprint density at radius 2 is 1.90 bits per heavy atom. The molecule has 1 N–H and O–H groups in total. The lowest BCUT2D eigenvalue weighted by atomic mass is 9.98. The summed E-state index contributed by atoms with van der Waals surface area (Å²) in [5.74, 6) is -0.409. The first-order valence-electron chi connectivity index (χ1n) is 10.0. The molecule has 0 aromatic heterocycles. The fourth-order valence-electron chi connectivity index (χ4n) is 3.94. The van der Waals surface area contributed by atoms with E-state index in [1.54, 1.807) is 6.07 Å². The largest absolute Gasteiger partial charge is 0.495 e. The predicted molar refractivity (Wildman–Crippen MR) is 122 cm³/mol. The van der Waals surface area contributed by atoms with Crippen LogP contribution in [-0.4, -0.2) is 38.8 Å². The van der Waals surface area contributed by atoms with Gasteiger partial charge in [0, 0.05) is 29.2 Å². The van der Waals surface area contributed by atoms with Crippen LogP contribution in [0.3, 0.4) is 0 Å². The number of anilines is 1. The Bertz CT molecular complexity index is 1220. The molecule has 162 valence electrons. The normalized spacial score (nSPS) is 17.4. The molecule has 31 heavy (non-hydrogen) atoms. The van der Waals surface area contributed by atoms with Crippen LogP contribution in [-0.2, 0) is 14.8 Å². The Balaban J connectivity index is 1.56. The van der Waals surface area contributed by atoms with Gasteiger partial charge in [-0.1, -0.05) is 48.0 Å². The van der Waals surface area contributed by atoms with Crippen molar-refractivity contribution in [2.75, 3.05) is 25.5 Å². The highest BCUT2D eigenvalue weighted by Crippen LogP contribution is 2.32. The molecule has 0 radical (unpaired) electrons. The highest BCUT2D eigenvalue weighted by molar-refractivity contribution is 7.89. The molecule has 6 nitrogen and oxygen atoms in total. The molecule has 1 aliphatic rings. The van der Waals surface area contributed by atoms with Crippen LogP contribution in [0.25, 0.3) is 10.8 Å². The van der Waals surface area contributed by atoms with Gasteiger partial charge in [0.05, 0.1) is 13.0 Å². The van der Waals surface area contributed by atoms with Gasteiger partial charge in [-0.25, -0.2) is 8.42 Å². The standard InChI is InChI=1S/C23H23ClN2O4S/c1-30-21-12-11-18(24)14-22(21)31(28,29)26-13-5-8-17(15-26)23(27)25-20-10-4-7-16-6-2-3-9-19(16)20/h2-4,6-7,9-12,14,17H,5,8,13,15H2,1H3,(H,25,27)/t17-/m0/s1. The van der Waals surface area contributed by atoms with Crippen molar-refractivity contribution < 1.29 is 17.9 Å². The zero-order valence-electron chi connectivity index (χ0n) is 17.0. The summed E-state index contributed by atoms with van der Waals surface area (Å²) in [6.45, 7) is 0.449. The molecule has 0 bridgehead atoms. The van der Waals surface area contributed by atoms with Crippen LogP contribution in [0.1, 0.15) is 12.8 Å². The summed E-state index contributed by atoms with van der Waals surface area (Å²) in [4.78, 5) is 13.0. The molecule has 1 heterocycles. The van der Waals surface area contributed by atoms with Crippen molar-refractivity contribution in [1.82, 2.24) is 4.31 Å². The Hall–Kier alpha value is -2.61. The SMILES string of the molecule is COc1ccc(Cl)cc1S(=O)(=O)N1CCC[C@H](C(=O)Nc2cccc3ccccc23)C1. The third kappa shape index (κ3) is 4.39. The maximum absolute atomic E-state index is 13.3. The monoisotopic (exact) mass is 458 g/mol. The van der Waals surface area contributed by atoms with Gasteiger partial charge in [-0.3, -0.25) is 4.79 Å². The highest BCUT2D eigenvalue weighted by atomic mass is 35.5. The summed E-state index contributed by atoms with van der Waals surface area (Å²) >= 11 is 6.03. The molecule has 1 aliphatic heterocycles. The highest BCUT2D eigenvalue weighted by Gasteiger charge is 2.35. The summed E-state index contributed by atoms with van der Waals surface area (Å²) < 4.78 is 33.1. The van der Waals surface area contributed by atoms with Crippen LogP contribution in [0.5, 0.6) is 5.75 Å². The first kappa shape index (κ1) is 21.6. The van der Waals surface area contributed by atoms with Crippen molar-refractivity contribution >= 4 is 44.0 Å². The Kier molecular flexibility index (Phi) is 6.18. The zero-order valence-corrected chi connectivity index (χ0v) is 18.6. The second-order valence-electron chi connectivity index (χ2n) is 7.51. The summed E-state index contributed by atoms with van der Waals surface area (Å²) in [7, 11) is -2.44. The number of ether oxygens (including phenoxy) is 1. The van der Waals surface area contributed by atoms with Crippen LogP contribution in [0.15, 0.2) is 65.6 Å². The molecule has 1 atom stereocenters. The van der Waals surface area contributed by atoms with Gasteiger partial charge in [-0.15, -0.1) is 0 Å². The third-order valence-corrected chi connectivity index (χ3v) is 7.67. The van der Waals surface area contributed by atoms with Gasteiger partial charge in [0.25, 0.3) is 0 Å². The first-order chi connectivity index (χ1) is 14.9. The van der Waals surface area contributed by atoms with Crippen LogP contribution in [0, 0.1) is 5.92 Å². The number of benzene rings is 3. The maximum atomic E-state index is 13.3. The molecule has 4 rings (SSSR count). The minimum absolute atomic E-state index is 0.0117. The van der Waals surface area contributed by atoms with E-state index >= 15 is 0 Å². The fraction of sp³-hybridized carbons (Fsp3) is 0.261. The van der Waals surface area contributed by atoms with Gasteiger partial charge in [0.1, 0.15) is 10.6 Å². The lowest BCUT2D eigenvalue weighted by Gasteiger charge is -2.31. The average molecular weight is 459 g/mol. The Morgan fingerprint density at radius 1 is 1.13 bits per heavy atom. The van der Waals surface area contributed by atoms with Crippen molar-refractivity contribution in [2.24, 2.45) is 5.92 Å². The minimum atomic E-state index is -3.86. The number of rotatable bonds is 5. The number of carbonyl (C=O) groups is 1. The molecule has 0 unspecified atom stereocenters. The van der Waals surface area contributed by atoms with Gasteiger partial charge in [-0.2, -0.15) is 4.31 Å². The number of halogens is 1. The van der Waals surface area contributed by atoms with E-state index in [2.05, 4.69) is 5.32 Å². The molecule has 0 spiro atoms. The van der Waals surface area contributed by atoms with Crippen molar-refractivity contribution in [3.63, 3.8) is 0 Å². The smallest absolute Gasteiger partial charge is 0.246 e. The molecule has 1 fully saturated rings. The lowest BCUT2D eigenvalue weighted by molar-refractivity contribution is -0.120. The van der Waals surface area contributed by atoms with Gasteiger partial charge < -0.3 is 10.1 Å². The quantitative estimate of drug-likeness (QED) is 0.609. The van der Waals surface area contributed by atoms with E-state index < -0.39 is 15.9 Å². The van der Waals surface area contributed by atoms with E-state index in [0.717, 1.165) is 16.5 Å². The molecule has 0 saturated carbocycles.